The quantitative estimate of drug-likeness (QED) is 0.787. The molecule has 0 aliphatic heterocycles. The van der Waals surface area contributed by atoms with Gasteiger partial charge in [0.2, 0.25) is 0 Å². The van der Waals surface area contributed by atoms with E-state index < -0.39 is 30.1 Å². The van der Waals surface area contributed by atoms with Crippen molar-refractivity contribution in [2.75, 3.05) is 13.7 Å². The van der Waals surface area contributed by atoms with E-state index in [1.807, 2.05) is 0 Å². The molecule has 0 atom stereocenters. The molecule has 0 aromatic heterocycles. The van der Waals surface area contributed by atoms with Crippen molar-refractivity contribution in [3.05, 3.63) is 28.8 Å². The van der Waals surface area contributed by atoms with E-state index in [1.54, 1.807) is 39.0 Å². The van der Waals surface area contributed by atoms with E-state index in [2.05, 4.69) is 10.6 Å². The Bertz CT molecular complexity index is 625. The Labute approximate surface area is 145 Å². The number of imide groups is 1. The summed E-state index contributed by atoms with van der Waals surface area (Å²) in [5.41, 5.74) is 0.0605. The molecule has 2 N–H and O–H groups in total. The summed E-state index contributed by atoms with van der Waals surface area (Å²) in [7, 11) is 1.47. The number of carbonyl (C=O) groups is 3. The third kappa shape index (κ3) is 7.32. The number of esters is 1. The molecule has 1 aromatic rings. The number of nitrogens with one attached hydrogen (secondary N) is 2. The highest BCUT2D eigenvalue weighted by Gasteiger charge is 2.17. The Balaban J connectivity index is 2.48. The second-order valence-corrected chi connectivity index (χ2v) is 6.48. The van der Waals surface area contributed by atoms with Crippen molar-refractivity contribution < 1.29 is 23.9 Å². The Hall–Kier alpha value is -2.28. The van der Waals surface area contributed by atoms with Crippen molar-refractivity contribution >= 4 is 29.5 Å². The van der Waals surface area contributed by atoms with E-state index >= 15 is 0 Å². The lowest BCUT2D eigenvalue weighted by molar-refractivity contribution is -0.147. The Kier molecular flexibility index (Phi) is 7.03. The van der Waals surface area contributed by atoms with Gasteiger partial charge in [0.25, 0.3) is 5.91 Å². The van der Waals surface area contributed by atoms with Gasteiger partial charge in [-0.25, -0.2) is 4.79 Å². The molecule has 0 radical (unpaired) electrons. The predicted molar refractivity (Wildman–Crippen MR) is 89.1 cm³/mol. The van der Waals surface area contributed by atoms with Crippen LogP contribution in [0.2, 0.25) is 5.02 Å². The maximum Gasteiger partial charge on any atom is 0.321 e. The topological polar surface area (TPSA) is 93.7 Å². The Morgan fingerprint density at radius 3 is 2.46 bits per heavy atom. The van der Waals surface area contributed by atoms with E-state index in [-0.39, 0.29) is 6.42 Å². The standard InChI is InChI=1S/C16H21ClN2O5/c1-16(2,3)19-15(22)18-13(20)9-24-14(21)8-10-7-11(17)5-6-12(10)23-4/h5-7H,8-9H2,1-4H3,(H2,18,19,20,22). The van der Waals surface area contributed by atoms with E-state index in [0.29, 0.717) is 16.3 Å². The van der Waals surface area contributed by atoms with Gasteiger partial charge in [-0.05, 0) is 39.0 Å². The summed E-state index contributed by atoms with van der Waals surface area (Å²) in [4.78, 5) is 34.9. The summed E-state index contributed by atoms with van der Waals surface area (Å²) in [6.07, 6.45) is -0.106. The highest BCUT2D eigenvalue weighted by atomic mass is 35.5. The van der Waals surface area contributed by atoms with Gasteiger partial charge in [0.1, 0.15) is 5.75 Å². The second kappa shape index (κ2) is 8.54. The predicted octanol–water partition coefficient (Wildman–Crippen LogP) is 2.06. The number of benzene rings is 1. The van der Waals surface area contributed by atoms with Crippen LogP contribution < -0.4 is 15.4 Å². The van der Waals surface area contributed by atoms with Crippen LogP contribution in [0.5, 0.6) is 5.75 Å². The van der Waals surface area contributed by atoms with Crippen LogP contribution in [-0.4, -0.2) is 37.2 Å². The minimum atomic E-state index is -0.719. The minimum Gasteiger partial charge on any atom is -0.496 e. The lowest BCUT2D eigenvalue weighted by Crippen LogP contribution is -2.49. The average Bonchev–Trinajstić information content (AvgIpc) is 2.43. The van der Waals surface area contributed by atoms with Gasteiger partial charge >= 0.3 is 12.0 Å². The molecule has 8 heteroatoms. The molecular weight excluding hydrogens is 336 g/mol. The van der Waals surface area contributed by atoms with Crippen LogP contribution >= 0.6 is 11.6 Å². The number of rotatable bonds is 5. The smallest absolute Gasteiger partial charge is 0.321 e. The number of halogens is 1. The fourth-order valence-electron chi connectivity index (χ4n) is 1.77. The molecule has 0 heterocycles. The van der Waals surface area contributed by atoms with Crippen LogP contribution in [-0.2, 0) is 20.7 Å². The fraction of sp³-hybridized carbons (Fsp3) is 0.438. The molecule has 0 aliphatic rings. The van der Waals surface area contributed by atoms with Gasteiger partial charge in [-0.1, -0.05) is 11.6 Å². The van der Waals surface area contributed by atoms with Gasteiger partial charge in [-0.2, -0.15) is 0 Å². The summed E-state index contributed by atoms with van der Waals surface area (Å²) in [5, 5.41) is 5.09. The summed E-state index contributed by atoms with van der Waals surface area (Å²) in [6.45, 7) is 4.76. The van der Waals surface area contributed by atoms with Crippen LogP contribution in [0.3, 0.4) is 0 Å². The van der Waals surface area contributed by atoms with Crippen molar-refractivity contribution in [1.82, 2.24) is 10.6 Å². The molecule has 132 valence electrons. The van der Waals surface area contributed by atoms with Gasteiger partial charge in [0.05, 0.1) is 13.5 Å². The van der Waals surface area contributed by atoms with Gasteiger partial charge < -0.3 is 14.8 Å². The monoisotopic (exact) mass is 356 g/mol. The van der Waals surface area contributed by atoms with Crippen molar-refractivity contribution in [3.63, 3.8) is 0 Å². The Morgan fingerprint density at radius 1 is 1.21 bits per heavy atom. The van der Waals surface area contributed by atoms with Crippen molar-refractivity contribution in [2.24, 2.45) is 0 Å². The molecule has 1 rings (SSSR count). The highest BCUT2D eigenvalue weighted by Crippen LogP contribution is 2.23. The molecular formula is C16H21ClN2O5. The zero-order valence-electron chi connectivity index (χ0n) is 14.1. The van der Waals surface area contributed by atoms with Crippen LogP contribution in [0.4, 0.5) is 4.79 Å². The van der Waals surface area contributed by atoms with E-state index in [1.165, 1.54) is 7.11 Å². The summed E-state index contributed by atoms with van der Waals surface area (Å²) in [6, 6.07) is 4.20. The summed E-state index contributed by atoms with van der Waals surface area (Å²) in [5.74, 6) is -0.865. The maximum absolute atomic E-state index is 11.8. The number of carbonyl (C=O) groups excluding carboxylic acids is 3. The first-order valence-electron chi connectivity index (χ1n) is 7.21. The number of urea groups is 1. The van der Waals surface area contributed by atoms with Crippen molar-refractivity contribution in [3.8, 4) is 5.75 Å². The first-order chi connectivity index (χ1) is 11.1. The van der Waals surface area contributed by atoms with Crippen LogP contribution in [0, 0.1) is 0 Å². The summed E-state index contributed by atoms with van der Waals surface area (Å²) < 4.78 is 9.98. The van der Waals surface area contributed by atoms with Crippen LogP contribution in [0.25, 0.3) is 0 Å². The largest absolute Gasteiger partial charge is 0.496 e. The molecule has 24 heavy (non-hydrogen) atoms. The van der Waals surface area contributed by atoms with Crippen molar-refractivity contribution in [1.29, 1.82) is 0 Å². The molecule has 0 unspecified atom stereocenters. The lowest BCUT2D eigenvalue weighted by Gasteiger charge is -2.20. The molecule has 0 spiro atoms. The molecule has 0 bridgehead atoms. The first kappa shape index (κ1) is 19.8. The fourth-order valence-corrected chi connectivity index (χ4v) is 1.97. The zero-order chi connectivity index (χ0) is 18.3. The molecule has 0 saturated heterocycles. The van der Waals surface area contributed by atoms with Crippen LogP contribution in [0.15, 0.2) is 18.2 Å². The van der Waals surface area contributed by atoms with E-state index in [0.717, 1.165) is 0 Å². The highest BCUT2D eigenvalue weighted by molar-refractivity contribution is 6.30. The molecule has 7 nitrogen and oxygen atoms in total. The maximum atomic E-state index is 11.8. The average molecular weight is 357 g/mol. The second-order valence-electron chi connectivity index (χ2n) is 6.05. The third-order valence-corrected chi connectivity index (χ3v) is 2.92. The third-order valence-electron chi connectivity index (χ3n) is 2.68. The SMILES string of the molecule is COc1ccc(Cl)cc1CC(=O)OCC(=O)NC(=O)NC(C)(C)C. The van der Waals surface area contributed by atoms with Gasteiger partial charge in [-0.3, -0.25) is 14.9 Å². The molecule has 0 aliphatic carbocycles. The number of hydrogen-bond acceptors (Lipinski definition) is 5. The Morgan fingerprint density at radius 2 is 1.88 bits per heavy atom. The van der Waals surface area contributed by atoms with Crippen LogP contribution in [0.1, 0.15) is 26.3 Å². The number of hydrogen-bond donors (Lipinski definition) is 2. The van der Waals surface area contributed by atoms with Gasteiger partial charge in [-0.15, -0.1) is 0 Å². The lowest BCUT2D eigenvalue weighted by atomic mass is 10.1. The van der Waals surface area contributed by atoms with Gasteiger partial charge in [0, 0.05) is 16.1 Å². The normalized spacial score (nSPS) is 10.7. The minimum absolute atomic E-state index is 0.106. The molecule has 0 saturated carbocycles. The molecule has 3 amide bonds. The molecule has 1 aromatic carbocycles. The van der Waals surface area contributed by atoms with Gasteiger partial charge in [0.15, 0.2) is 6.61 Å². The number of ether oxygens (including phenoxy) is 2. The van der Waals surface area contributed by atoms with E-state index in [9.17, 15) is 14.4 Å². The molecule has 0 fully saturated rings. The first-order valence-corrected chi connectivity index (χ1v) is 7.58. The number of methoxy groups -OCH3 is 1. The summed E-state index contributed by atoms with van der Waals surface area (Å²) >= 11 is 5.88. The zero-order valence-corrected chi connectivity index (χ0v) is 14.8. The van der Waals surface area contributed by atoms with E-state index in [4.69, 9.17) is 21.1 Å². The van der Waals surface area contributed by atoms with Crippen molar-refractivity contribution in [2.45, 2.75) is 32.7 Å². The number of amides is 3.